The molecule has 5 heteroatoms. The van der Waals surface area contributed by atoms with E-state index in [1.54, 1.807) is 0 Å². The summed E-state index contributed by atoms with van der Waals surface area (Å²) in [5, 5.41) is 0. The van der Waals surface area contributed by atoms with Gasteiger partial charge in [-0.2, -0.15) is 0 Å². The van der Waals surface area contributed by atoms with Crippen molar-refractivity contribution in [1.82, 2.24) is 9.55 Å². The van der Waals surface area contributed by atoms with Gasteiger partial charge in [0.2, 0.25) is 5.91 Å². The van der Waals surface area contributed by atoms with Gasteiger partial charge in [-0.05, 0) is 81.0 Å². The smallest absolute Gasteiger partial charge is 0.227 e. The van der Waals surface area contributed by atoms with E-state index in [-0.39, 0.29) is 11.8 Å². The van der Waals surface area contributed by atoms with Crippen LogP contribution in [-0.2, 0) is 17.8 Å². The van der Waals surface area contributed by atoms with Gasteiger partial charge in [0, 0.05) is 31.1 Å². The third-order valence-corrected chi connectivity index (χ3v) is 7.61. The number of amides is 1. The third kappa shape index (κ3) is 5.77. The highest BCUT2D eigenvalue weighted by atomic mass is 16.5. The van der Waals surface area contributed by atoms with Crippen molar-refractivity contribution in [1.29, 1.82) is 0 Å². The van der Waals surface area contributed by atoms with Crippen LogP contribution in [0.15, 0.2) is 66.7 Å². The number of hydrogen-bond acceptors (Lipinski definition) is 3. The van der Waals surface area contributed by atoms with Crippen molar-refractivity contribution >= 4 is 22.6 Å². The zero-order valence-electron chi connectivity index (χ0n) is 23.0. The van der Waals surface area contributed by atoms with E-state index in [2.05, 4.69) is 86.0 Å². The molecule has 5 nitrogen and oxygen atoms in total. The van der Waals surface area contributed by atoms with Gasteiger partial charge >= 0.3 is 0 Å². The predicted molar refractivity (Wildman–Crippen MR) is 155 cm³/mol. The first-order valence-electron chi connectivity index (χ1n) is 14.1. The number of para-hydroxylation sites is 2. The van der Waals surface area contributed by atoms with Gasteiger partial charge in [-0.25, -0.2) is 4.98 Å². The molecule has 0 bridgehead atoms. The standard InChI is InChI=1S/C33H39N3O2/c1-4-5-10-26-14-16-28(17-15-26)36-23-27(22-32(36)37)33-34-29-11-6-7-12-30(29)35(33)19-8-9-20-38-31-18-13-24(2)21-25(31)3/h6-7,11-18,21,27H,4-5,8-10,19-20,22-23H2,1-3H3. The molecule has 5 rings (SSSR count). The summed E-state index contributed by atoms with van der Waals surface area (Å²) in [5.41, 5.74) is 6.90. The summed E-state index contributed by atoms with van der Waals surface area (Å²) in [4.78, 5) is 20.1. The Hall–Kier alpha value is -3.60. The fourth-order valence-corrected chi connectivity index (χ4v) is 5.51. The summed E-state index contributed by atoms with van der Waals surface area (Å²) in [6, 6.07) is 23.2. The van der Waals surface area contributed by atoms with E-state index in [0.717, 1.165) is 54.1 Å². The van der Waals surface area contributed by atoms with Crippen LogP contribution in [0.1, 0.15) is 67.5 Å². The number of carbonyl (C=O) groups excluding carboxylic acids is 1. The Morgan fingerprint density at radius 1 is 0.974 bits per heavy atom. The van der Waals surface area contributed by atoms with Gasteiger partial charge in [0.15, 0.2) is 0 Å². The van der Waals surface area contributed by atoms with E-state index in [1.807, 2.05) is 11.0 Å². The molecule has 0 spiro atoms. The second-order valence-electron chi connectivity index (χ2n) is 10.6. The number of aromatic nitrogens is 2. The summed E-state index contributed by atoms with van der Waals surface area (Å²) in [5.74, 6) is 2.25. The first-order valence-corrected chi connectivity index (χ1v) is 14.1. The number of ether oxygens (including phenoxy) is 1. The maximum absolute atomic E-state index is 13.1. The van der Waals surface area contributed by atoms with Gasteiger partial charge in [0.1, 0.15) is 11.6 Å². The lowest BCUT2D eigenvalue weighted by Gasteiger charge is -2.18. The lowest BCUT2D eigenvalue weighted by molar-refractivity contribution is -0.117. The Kier molecular flexibility index (Phi) is 8.11. The van der Waals surface area contributed by atoms with Crippen LogP contribution in [0.5, 0.6) is 5.75 Å². The maximum atomic E-state index is 13.1. The maximum Gasteiger partial charge on any atom is 0.227 e. The minimum atomic E-state index is 0.0844. The average Bonchev–Trinajstić information content (AvgIpc) is 3.49. The van der Waals surface area contributed by atoms with Crippen molar-refractivity contribution in [2.75, 3.05) is 18.1 Å². The second-order valence-corrected chi connectivity index (χ2v) is 10.6. The minimum absolute atomic E-state index is 0.0844. The van der Waals surface area contributed by atoms with E-state index in [1.165, 1.54) is 29.5 Å². The quantitative estimate of drug-likeness (QED) is 0.198. The Morgan fingerprint density at radius 3 is 2.58 bits per heavy atom. The molecule has 1 aromatic heterocycles. The molecule has 0 aliphatic carbocycles. The van der Waals surface area contributed by atoms with Crippen molar-refractivity contribution in [2.24, 2.45) is 0 Å². The van der Waals surface area contributed by atoms with E-state index in [4.69, 9.17) is 9.72 Å². The highest BCUT2D eigenvalue weighted by Crippen LogP contribution is 2.33. The molecule has 4 aromatic rings. The van der Waals surface area contributed by atoms with E-state index >= 15 is 0 Å². The molecule has 1 aliphatic heterocycles. The van der Waals surface area contributed by atoms with Crippen LogP contribution in [0.25, 0.3) is 11.0 Å². The van der Waals surface area contributed by atoms with Crippen LogP contribution >= 0.6 is 0 Å². The van der Waals surface area contributed by atoms with Crippen LogP contribution in [-0.4, -0.2) is 28.6 Å². The van der Waals surface area contributed by atoms with Crippen molar-refractivity contribution in [2.45, 2.75) is 71.8 Å². The van der Waals surface area contributed by atoms with Gasteiger partial charge in [-0.1, -0.05) is 55.3 Å². The van der Waals surface area contributed by atoms with Crippen molar-refractivity contribution < 1.29 is 9.53 Å². The van der Waals surface area contributed by atoms with Crippen LogP contribution in [0.2, 0.25) is 0 Å². The van der Waals surface area contributed by atoms with E-state index < -0.39 is 0 Å². The topological polar surface area (TPSA) is 47.4 Å². The highest BCUT2D eigenvalue weighted by molar-refractivity contribution is 5.96. The molecular weight excluding hydrogens is 470 g/mol. The molecule has 0 saturated carbocycles. The summed E-state index contributed by atoms with van der Waals surface area (Å²) in [6.07, 6.45) is 5.91. The molecule has 3 aromatic carbocycles. The molecule has 38 heavy (non-hydrogen) atoms. The third-order valence-electron chi connectivity index (χ3n) is 7.61. The number of anilines is 1. The number of fused-ring (bicyclic) bond motifs is 1. The number of unbranched alkanes of at least 4 members (excludes halogenated alkanes) is 2. The van der Waals surface area contributed by atoms with Gasteiger partial charge in [-0.15, -0.1) is 0 Å². The van der Waals surface area contributed by atoms with E-state index in [0.29, 0.717) is 19.6 Å². The first kappa shape index (κ1) is 26.0. The second kappa shape index (κ2) is 11.8. The van der Waals surface area contributed by atoms with Gasteiger partial charge in [0.25, 0.3) is 0 Å². The van der Waals surface area contributed by atoms with Crippen LogP contribution in [0.3, 0.4) is 0 Å². The lowest BCUT2D eigenvalue weighted by Crippen LogP contribution is -2.24. The zero-order valence-corrected chi connectivity index (χ0v) is 23.0. The van der Waals surface area contributed by atoms with Crippen molar-refractivity contribution in [3.8, 4) is 5.75 Å². The molecule has 1 atom stereocenters. The number of rotatable bonds is 11. The molecule has 0 N–H and O–H groups in total. The summed E-state index contributed by atoms with van der Waals surface area (Å²) in [7, 11) is 0. The van der Waals surface area contributed by atoms with Crippen LogP contribution in [0, 0.1) is 13.8 Å². The Balaban J connectivity index is 1.26. The molecule has 1 fully saturated rings. The monoisotopic (exact) mass is 509 g/mol. The number of hydrogen-bond donors (Lipinski definition) is 0. The number of nitrogens with zero attached hydrogens (tertiary/aromatic N) is 3. The number of imidazole rings is 1. The molecule has 1 saturated heterocycles. The normalized spacial score (nSPS) is 15.5. The number of carbonyl (C=O) groups is 1. The average molecular weight is 510 g/mol. The molecule has 0 radical (unpaired) electrons. The van der Waals surface area contributed by atoms with Gasteiger partial charge in [-0.3, -0.25) is 4.79 Å². The lowest BCUT2D eigenvalue weighted by atomic mass is 10.1. The van der Waals surface area contributed by atoms with Gasteiger partial charge in [0.05, 0.1) is 17.6 Å². The SMILES string of the molecule is CCCCc1ccc(N2CC(c3nc4ccccc4n3CCCCOc3ccc(C)cc3C)CC2=O)cc1. The fourth-order valence-electron chi connectivity index (χ4n) is 5.51. The molecule has 2 heterocycles. The highest BCUT2D eigenvalue weighted by Gasteiger charge is 2.34. The van der Waals surface area contributed by atoms with Crippen molar-refractivity contribution in [3.63, 3.8) is 0 Å². The minimum Gasteiger partial charge on any atom is -0.493 e. The van der Waals surface area contributed by atoms with Crippen molar-refractivity contribution in [3.05, 3.63) is 89.2 Å². The summed E-state index contributed by atoms with van der Waals surface area (Å²) < 4.78 is 8.39. The van der Waals surface area contributed by atoms with Gasteiger partial charge < -0.3 is 14.2 Å². The Morgan fingerprint density at radius 2 is 1.79 bits per heavy atom. The van der Waals surface area contributed by atoms with E-state index in [9.17, 15) is 4.79 Å². The molecule has 1 amide bonds. The van der Waals surface area contributed by atoms with Crippen LogP contribution < -0.4 is 9.64 Å². The summed E-state index contributed by atoms with van der Waals surface area (Å²) in [6.45, 7) is 8.64. The number of benzene rings is 3. The number of aryl methyl sites for hydroxylation is 4. The Labute approximate surface area is 226 Å². The predicted octanol–water partition coefficient (Wildman–Crippen LogP) is 7.38. The van der Waals surface area contributed by atoms with Crippen LogP contribution in [0.4, 0.5) is 5.69 Å². The molecule has 1 unspecified atom stereocenters. The summed E-state index contributed by atoms with van der Waals surface area (Å²) >= 11 is 0. The Bertz CT molecular complexity index is 1390. The molecule has 1 aliphatic rings. The fraction of sp³-hybridized carbons (Fsp3) is 0.394. The largest absolute Gasteiger partial charge is 0.493 e. The first-order chi connectivity index (χ1) is 18.5. The molecular formula is C33H39N3O2. The zero-order chi connectivity index (χ0) is 26.5. The molecule has 198 valence electrons.